The monoisotopic (exact) mass is 192 g/mol. The van der Waals surface area contributed by atoms with Crippen LogP contribution in [0.5, 0.6) is 0 Å². The third-order valence-corrected chi connectivity index (χ3v) is 2.33. The second-order valence-electron chi connectivity index (χ2n) is 3.79. The summed E-state index contributed by atoms with van der Waals surface area (Å²) in [4.78, 5) is 2.12. The smallest absolute Gasteiger partial charge is 0.239 e. The van der Waals surface area contributed by atoms with Crippen LogP contribution in [0.1, 0.15) is 13.3 Å². The summed E-state index contributed by atoms with van der Waals surface area (Å²) >= 11 is 0. The van der Waals surface area contributed by atoms with Gasteiger partial charge in [0.25, 0.3) is 0 Å². The molecule has 1 rings (SSSR count). The van der Waals surface area contributed by atoms with Gasteiger partial charge in [-0.15, -0.1) is 0 Å². The first-order valence-electron chi connectivity index (χ1n) is 4.89. The molecule has 1 aliphatic heterocycles. The van der Waals surface area contributed by atoms with Crippen molar-refractivity contribution in [3.8, 4) is 0 Å². The second kappa shape index (κ2) is 5.50. The third kappa shape index (κ3) is 4.52. The zero-order valence-corrected chi connectivity index (χ0v) is 8.10. The van der Waals surface area contributed by atoms with Crippen molar-refractivity contribution in [1.82, 2.24) is 10.2 Å². The van der Waals surface area contributed by atoms with E-state index < -0.39 is 6.43 Å². The zero-order valence-electron chi connectivity index (χ0n) is 8.10. The molecule has 2 nitrogen and oxygen atoms in total. The van der Waals surface area contributed by atoms with Gasteiger partial charge in [-0.05, 0) is 12.5 Å². The van der Waals surface area contributed by atoms with Crippen molar-refractivity contribution in [2.45, 2.75) is 19.8 Å². The SMILES string of the molecule is CC1CNCCN(CCC(F)F)C1. The Kier molecular flexibility index (Phi) is 4.59. The molecule has 1 unspecified atom stereocenters. The molecule has 0 aliphatic carbocycles. The fraction of sp³-hybridized carbons (Fsp3) is 1.00. The minimum Gasteiger partial charge on any atom is -0.315 e. The molecule has 0 bridgehead atoms. The first-order valence-corrected chi connectivity index (χ1v) is 4.89. The van der Waals surface area contributed by atoms with Gasteiger partial charge in [-0.25, -0.2) is 8.78 Å². The number of alkyl halides is 2. The highest BCUT2D eigenvalue weighted by Crippen LogP contribution is 2.06. The van der Waals surface area contributed by atoms with E-state index in [-0.39, 0.29) is 6.42 Å². The Hall–Kier alpha value is -0.220. The lowest BCUT2D eigenvalue weighted by Gasteiger charge is -2.21. The van der Waals surface area contributed by atoms with Crippen molar-refractivity contribution in [2.24, 2.45) is 5.92 Å². The van der Waals surface area contributed by atoms with Gasteiger partial charge >= 0.3 is 0 Å². The Morgan fingerprint density at radius 1 is 1.54 bits per heavy atom. The number of nitrogens with one attached hydrogen (secondary N) is 1. The molecule has 0 aromatic heterocycles. The number of halogens is 2. The van der Waals surface area contributed by atoms with Gasteiger partial charge < -0.3 is 10.2 Å². The Bertz CT molecular complexity index is 142. The molecule has 0 aromatic carbocycles. The lowest BCUT2D eigenvalue weighted by Crippen LogP contribution is -2.31. The molecule has 0 saturated carbocycles. The average Bonchev–Trinajstić information content (AvgIpc) is 2.26. The van der Waals surface area contributed by atoms with E-state index in [0.717, 1.165) is 26.2 Å². The minimum absolute atomic E-state index is 0.00667. The Morgan fingerprint density at radius 2 is 2.31 bits per heavy atom. The first kappa shape index (κ1) is 10.9. The Morgan fingerprint density at radius 3 is 3.00 bits per heavy atom. The maximum Gasteiger partial charge on any atom is 0.239 e. The first-order chi connectivity index (χ1) is 6.18. The van der Waals surface area contributed by atoms with Crippen molar-refractivity contribution in [3.63, 3.8) is 0 Å². The quantitative estimate of drug-likeness (QED) is 0.722. The van der Waals surface area contributed by atoms with Crippen LogP contribution in [0.3, 0.4) is 0 Å². The molecule has 0 amide bonds. The highest BCUT2D eigenvalue weighted by Gasteiger charge is 2.15. The van der Waals surface area contributed by atoms with Gasteiger partial charge in [-0.2, -0.15) is 0 Å². The molecule has 1 fully saturated rings. The van der Waals surface area contributed by atoms with E-state index >= 15 is 0 Å². The van der Waals surface area contributed by atoms with Crippen LogP contribution in [0.15, 0.2) is 0 Å². The average molecular weight is 192 g/mol. The molecule has 1 N–H and O–H groups in total. The van der Waals surface area contributed by atoms with Crippen LogP contribution in [0.2, 0.25) is 0 Å². The van der Waals surface area contributed by atoms with Gasteiger partial charge in [0, 0.05) is 32.6 Å². The summed E-state index contributed by atoms with van der Waals surface area (Å²) in [5, 5.41) is 3.29. The van der Waals surface area contributed by atoms with E-state index in [1.807, 2.05) is 0 Å². The van der Waals surface area contributed by atoms with E-state index in [2.05, 4.69) is 17.1 Å². The molecule has 13 heavy (non-hydrogen) atoms. The fourth-order valence-electron chi connectivity index (χ4n) is 1.67. The van der Waals surface area contributed by atoms with Gasteiger partial charge in [-0.3, -0.25) is 0 Å². The molecular formula is C9H18F2N2. The maximum absolute atomic E-state index is 11.9. The van der Waals surface area contributed by atoms with Crippen LogP contribution in [0.25, 0.3) is 0 Å². The van der Waals surface area contributed by atoms with Gasteiger partial charge in [-0.1, -0.05) is 6.92 Å². The topological polar surface area (TPSA) is 15.3 Å². The fourth-order valence-corrected chi connectivity index (χ4v) is 1.67. The number of hydrogen-bond donors (Lipinski definition) is 1. The van der Waals surface area contributed by atoms with Crippen molar-refractivity contribution in [2.75, 3.05) is 32.7 Å². The van der Waals surface area contributed by atoms with E-state index in [9.17, 15) is 8.78 Å². The molecule has 1 saturated heterocycles. The molecular weight excluding hydrogens is 174 g/mol. The lowest BCUT2D eigenvalue weighted by molar-refractivity contribution is 0.115. The summed E-state index contributed by atoms with van der Waals surface area (Å²) in [5.41, 5.74) is 0. The second-order valence-corrected chi connectivity index (χ2v) is 3.79. The van der Waals surface area contributed by atoms with Gasteiger partial charge in [0.05, 0.1) is 0 Å². The predicted octanol–water partition coefficient (Wildman–Crippen LogP) is 1.18. The third-order valence-electron chi connectivity index (χ3n) is 2.33. The summed E-state index contributed by atoms with van der Waals surface area (Å²) in [6, 6.07) is 0. The minimum atomic E-state index is -2.16. The van der Waals surface area contributed by atoms with Crippen molar-refractivity contribution >= 4 is 0 Å². The lowest BCUT2D eigenvalue weighted by atomic mass is 10.2. The van der Waals surface area contributed by atoms with Crippen molar-refractivity contribution < 1.29 is 8.78 Å². The molecule has 0 spiro atoms. The molecule has 0 aromatic rings. The number of nitrogens with zero attached hydrogens (tertiary/aromatic N) is 1. The summed E-state index contributed by atoms with van der Waals surface area (Å²) in [7, 11) is 0. The summed E-state index contributed by atoms with van der Waals surface area (Å²) in [5.74, 6) is 0.570. The van der Waals surface area contributed by atoms with Crippen LogP contribution in [-0.4, -0.2) is 44.0 Å². The standard InChI is InChI=1S/C9H18F2N2/c1-8-6-12-3-5-13(7-8)4-2-9(10)11/h8-9,12H,2-7H2,1H3. The molecule has 1 heterocycles. The van der Waals surface area contributed by atoms with Crippen LogP contribution in [0, 0.1) is 5.92 Å². The predicted molar refractivity (Wildman–Crippen MR) is 49.1 cm³/mol. The summed E-state index contributed by atoms with van der Waals surface area (Å²) in [6.45, 7) is 6.45. The summed E-state index contributed by atoms with van der Waals surface area (Å²) < 4.78 is 23.9. The molecule has 1 aliphatic rings. The normalized spacial score (nSPS) is 26.3. The molecule has 78 valence electrons. The van der Waals surface area contributed by atoms with Crippen molar-refractivity contribution in [1.29, 1.82) is 0 Å². The number of hydrogen-bond acceptors (Lipinski definition) is 2. The Balaban J connectivity index is 2.22. The van der Waals surface area contributed by atoms with Crippen LogP contribution in [-0.2, 0) is 0 Å². The zero-order chi connectivity index (χ0) is 9.68. The molecule has 4 heteroatoms. The molecule has 1 atom stereocenters. The highest BCUT2D eigenvalue weighted by atomic mass is 19.3. The van der Waals surface area contributed by atoms with E-state index in [0.29, 0.717) is 12.5 Å². The maximum atomic E-state index is 11.9. The van der Waals surface area contributed by atoms with Gasteiger partial charge in [0.15, 0.2) is 0 Å². The summed E-state index contributed by atoms with van der Waals surface area (Å²) in [6.07, 6.45) is -2.15. The largest absolute Gasteiger partial charge is 0.315 e. The van der Waals surface area contributed by atoms with Crippen LogP contribution < -0.4 is 5.32 Å². The van der Waals surface area contributed by atoms with Gasteiger partial charge in [0.2, 0.25) is 6.43 Å². The van der Waals surface area contributed by atoms with E-state index in [1.165, 1.54) is 0 Å². The Labute approximate surface area is 78.3 Å². The van der Waals surface area contributed by atoms with E-state index in [4.69, 9.17) is 0 Å². The van der Waals surface area contributed by atoms with Gasteiger partial charge in [0.1, 0.15) is 0 Å². The number of rotatable bonds is 3. The highest BCUT2D eigenvalue weighted by molar-refractivity contribution is 4.70. The van der Waals surface area contributed by atoms with Crippen molar-refractivity contribution in [3.05, 3.63) is 0 Å². The van der Waals surface area contributed by atoms with Crippen LogP contribution in [0.4, 0.5) is 8.78 Å². The van der Waals surface area contributed by atoms with Crippen LogP contribution >= 0.6 is 0 Å². The van der Waals surface area contributed by atoms with E-state index in [1.54, 1.807) is 0 Å². The molecule has 0 radical (unpaired) electrons.